The van der Waals surface area contributed by atoms with Crippen molar-refractivity contribution in [3.63, 3.8) is 0 Å². The number of carbonyl (C=O) groups is 1. The number of nitrogens with zero attached hydrogens (tertiary/aromatic N) is 1. The summed E-state index contributed by atoms with van der Waals surface area (Å²) in [4.78, 5) is 15.2. The van der Waals surface area contributed by atoms with Crippen molar-refractivity contribution < 1.29 is 17.9 Å². The molecule has 1 N–H and O–H groups in total. The quantitative estimate of drug-likeness (QED) is 0.661. The summed E-state index contributed by atoms with van der Waals surface area (Å²) in [6.45, 7) is 7.29. The largest absolute Gasteiger partial charge is 0.463 e. The second kappa shape index (κ2) is 6.82. The minimum atomic E-state index is -3.60. The molecule has 0 unspecified atom stereocenters. The van der Waals surface area contributed by atoms with E-state index in [1.54, 1.807) is 27.7 Å². The SMILES string of the molecule is CCOC(=O)/C=C/c1ccc(S(=O)(=O)NC(C)(C)C)cn1. The van der Waals surface area contributed by atoms with E-state index in [2.05, 4.69) is 9.71 Å². The van der Waals surface area contributed by atoms with Gasteiger partial charge in [-0.1, -0.05) is 0 Å². The molecule has 7 heteroatoms. The van der Waals surface area contributed by atoms with Crippen LogP contribution in [0.25, 0.3) is 6.08 Å². The minimum Gasteiger partial charge on any atom is -0.463 e. The van der Waals surface area contributed by atoms with Crippen LogP contribution in [0.15, 0.2) is 29.3 Å². The smallest absolute Gasteiger partial charge is 0.330 e. The Morgan fingerprint density at radius 1 is 1.38 bits per heavy atom. The van der Waals surface area contributed by atoms with E-state index in [4.69, 9.17) is 4.74 Å². The molecular formula is C14H20N2O4S. The average molecular weight is 312 g/mol. The summed E-state index contributed by atoms with van der Waals surface area (Å²) in [6.07, 6.45) is 3.96. The monoisotopic (exact) mass is 312 g/mol. The van der Waals surface area contributed by atoms with Crippen LogP contribution in [0, 0.1) is 0 Å². The Hall–Kier alpha value is -1.73. The first-order valence-corrected chi connectivity index (χ1v) is 7.97. The summed E-state index contributed by atoms with van der Waals surface area (Å²) in [6, 6.07) is 2.96. The standard InChI is InChI=1S/C14H20N2O4S/c1-5-20-13(17)9-7-11-6-8-12(10-15-11)21(18,19)16-14(2,3)4/h6-10,16H,5H2,1-4H3/b9-7+. The van der Waals surface area contributed by atoms with E-state index in [0.29, 0.717) is 12.3 Å². The number of rotatable bonds is 5. The molecule has 0 saturated heterocycles. The molecule has 1 aromatic rings. The van der Waals surface area contributed by atoms with Crippen LogP contribution < -0.4 is 4.72 Å². The number of hydrogen-bond donors (Lipinski definition) is 1. The highest BCUT2D eigenvalue weighted by molar-refractivity contribution is 7.89. The number of nitrogens with one attached hydrogen (secondary N) is 1. The van der Waals surface area contributed by atoms with E-state index >= 15 is 0 Å². The molecule has 0 aliphatic carbocycles. The number of ether oxygens (including phenoxy) is 1. The van der Waals surface area contributed by atoms with E-state index in [-0.39, 0.29) is 4.90 Å². The zero-order valence-electron chi connectivity index (χ0n) is 12.6. The molecule has 0 bridgehead atoms. The van der Waals surface area contributed by atoms with Crippen molar-refractivity contribution in [2.75, 3.05) is 6.61 Å². The molecule has 0 aromatic carbocycles. The number of esters is 1. The van der Waals surface area contributed by atoms with E-state index in [0.717, 1.165) is 0 Å². The molecule has 21 heavy (non-hydrogen) atoms. The molecule has 0 spiro atoms. The first-order valence-electron chi connectivity index (χ1n) is 6.49. The number of aromatic nitrogens is 1. The minimum absolute atomic E-state index is 0.0747. The highest BCUT2D eigenvalue weighted by Gasteiger charge is 2.21. The highest BCUT2D eigenvalue weighted by Crippen LogP contribution is 2.12. The molecular weight excluding hydrogens is 292 g/mol. The third-order valence-electron chi connectivity index (χ3n) is 2.19. The van der Waals surface area contributed by atoms with Gasteiger partial charge in [-0.15, -0.1) is 0 Å². The summed E-state index contributed by atoms with van der Waals surface area (Å²) in [7, 11) is -3.60. The van der Waals surface area contributed by atoms with Crippen molar-refractivity contribution in [1.82, 2.24) is 9.71 Å². The lowest BCUT2D eigenvalue weighted by Crippen LogP contribution is -2.40. The molecule has 0 aliphatic rings. The molecule has 1 aromatic heterocycles. The molecule has 0 fully saturated rings. The van der Waals surface area contributed by atoms with Crippen molar-refractivity contribution in [1.29, 1.82) is 0 Å². The van der Waals surface area contributed by atoms with Crippen LogP contribution in [-0.4, -0.2) is 31.5 Å². The summed E-state index contributed by atoms with van der Waals surface area (Å²) < 4.78 is 31.4. The van der Waals surface area contributed by atoms with Gasteiger partial charge in [-0.2, -0.15) is 0 Å². The third-order valence-corrected chi connectivity index (χ3v) is 3.93. The van der Waals surface area contributed by atoms with Crippen molar-refractivity contribution in [3.8, 4) is 0 Å². The summed E-state index contributed by atoms with van der Waals surface area (Å²) in [5, 5.41) is 0. The predicted octanol–water partition coefficient (Wildman–Crippen LogP) is 1.73. The van der Waals surface area contributed by atoms with Crippen LogP contribution in [-0.2, 0) is 19.6 Å². The lowest BCUT2D eigenvalue weighted by atomic mass is 10.1. The maximum Gasteiger partial charge on any atom is 0.330 e. The maximum atomic E-state index is 12.1. The van der Waals surface area contributed by atoms with Gasteiger partial charge in [-0.25, -0.2) is 17.9 Å². The van der Waals surface area contributed by atoms with Gasteiger partial charge in [0.15, 0.2) is 0 Å². The highest BCUT2D eigenvalue weighted by atomic mass is 32.2. The van der Waals surface area contributed by atoms with Gasteiger partial charge in [0.25, 0.3) is 0 Å². The van der Waals surface area contributed by atoms with Gasteiger partial charge in [0, 0.05) is 17.8 Å². The van der Waals surface area contributed by atoms with E-state index in [1.165, 1.54) is 30.5 Å². The Balaban J connectivity index is 2.86. The third kappa shape index (κ3) is 6.05. The lowest BCUT2D eigenvalue weighted by molar-refractivity contribution is -0.137. The number of carbonyl (C=O) groups excluding carboxylic acids is 1. The van der Waals surface area contributed by atoms with Crippen LogP contribution in [0.5, 0.6) is 0 Å². The summed E-state index contributed by atoms with van der Waals surface area (Å²) in [5.74, 6) is -0.467. The second-order valence-corrected chi connectivity index (χ2v) is 7.04. The Bertz CT molecular complexity index is 613. The van der Waals surface area contributed by atoms with Gasteiger partial charge in [0.1, 0.15) is 4.90 Å². The summed E-state index contributed by atoms with van der Waals surface area (Å²) in [5.41, 5.74) is -0.0980. The van der Waals surface area contributed by atoms with Crippen LogP contribution in [0.4, 0.5) is 0 Å². The van der Waals surface area contributed by atoms with Crippen molar-refractivity contribution in [3.05, 3.63) is 30.1 Å². The summed E-state index contributed by atoms with van der Waals surface area (Å²) >= 11 is 0. The topological polar surface area (TPSA) is 85.4 Å². The van der Waals surface area contributed by atoms with Gasteiger partial charge in [0.05, 0.1) is 12.3 Å². The van der Waals surface area contributed by atoms with Gasteiger partial charge in [0.2, 0.25) is 10.0 Å². The first-order chi connectivity index (χ1) is 9.64. The average Bonchev–Trinajstić information content (AvgIpc) is 2.34. The first kappa shape index (κ1) is 17.3. The Morgan fingerprint density at radius 3 is 2.52 bits per heavy atom. The molecule has 0 aliphatic heterocycles. The van der Waals surface area contributed by atoms with Crippen LogP contribution in [0.1, 0.15) is 33.4 Å². The van der Waals surface area contributed by atoms with E-state index in [9.17, 15) is 13.2 Å². The van der Waals surface area contributed by atoms with Crippen LogP contribution in [0.2, 0.25) is 0 Å². The van der Waals surface area contributed by atoms with Crippen LogP contribution >= 0.6 is 0 Å². The molecule has 0 radical (unpaired) electrons. The Labute approximate surface area is 125 Å². The molecule has 0 saturated carbocycles. The fraction of sp³-hybridized carbons (Fsp3) is 0.429. The van der Waals surface area contributed by atoms with Gasteiger partial charge in [-0.3, -0.25) is 4.98 Å². The Morgan fingerprint density at radius 2 is 2.05 bits per heavy atom. The molecule has 1 heterocycles. The van der Waals surface area contributed by atoms with Gasteiger partial charge < -0.3 is 4.74 Å². The second-order valence-electron chi connectivity index (χ2n) is 5.36. The molecule has 0 amide bonds. The maximum absolute atomic E-state index is 12.1. The fourth-order valence-electron chi connectivity index (χ4n) is 1.46. The van der Waals surface area contributed by atoms with Crippen LogP contribution in [0.3, 0.4) is 0 Å². The fourth-order valence-corrected chi connectivity index (χ4v) is 2.82. The zero-order valence-corrected chi connectivity index (χ0v) is 13.4. The molecule has 6 nitrogen and oxygen atoms in total. The number of pyridine rings is 1. The van der Waals surface area contributed by atoms with Gasteiger partial charge >= 0.3 is 5.97 Å². The van der Waals surface area contributed by atoms with Crippen molar-refractivity contribution in [2.45, 2.75) is 38.1 Å². The van der Waals surface area contributed by atoms with Crippen molar-refractivity contribution >= 4 is 22.1 Å². The lowest BCUT2D eigenvalue weighted by Gasteiger charge is -2.20. The number of hydrogen-bond acceptors (Lipinski definition) is 5. The molecule has 116 valence electrons. The predicted molar refractivity (Wildman–Crippen MR) is 80.0 cm³/mol. The molecule has 1 rings (SSSR count). The zero-order chi connectivity index (χ0) is 16.1. The van der Waals surface area contributed by atoms with E-state index in [1.807, 2.05) is 0 Å². The van der Waals surface area contributed by atoms with Gasteiger partial charge in [-0.05, 0) is 45.9 Å². The Kier molecular flexibility index (Phi) is 5.62. The van der Waals surface area contributed by atoms with E-state index < -0.39 is 21.5 Å². The number of sulfonamides is 1. The molecule has 0 atom stereocenters. The normalized spacial score (nSPS) is 12.6. The van der Waals surface area contributed by atoms with Crippen molar-refractivity contribution in [2.24, 2.45) is 0 Å².